The largest absolute Gasteiger partial charge is 0.386 e. The fourth-order valence-electron chi connectivity index (χ4n) is 1.02. The van der Waals surface area contributed by atoms with Gasteiger partial charge in [-0.25, -0.2) is 17.6 Å². The molecule has 0 spiro atoms. The van der Waals surface area contributed by atoms with E-state index in [-0.39, 0.29) is 0 Å². The minimum absolute atomic E-state index is 0.424. The maximum absolute atomic E-state index is 12.3. The van der Waals surface area contributed by atoms with Gasteiger partial charge in [-0.05, 0) is 6.07 Å². The van der Waals surface area contributed by atoms with Gasteiger partial charge in [0.2, 0.25) is 0 Å². The van der Waals surface area contributed by atoms with E-state index in [1.54, 1.807) is 0 Å². The maximum atomic E-state index is 12.3. The smallest absolute Gasteiger partial charge is 0.282 e. The van der Waals surface area contributed by atoms with Crippen molar-refractivity contribution in [2.75, 3.05) is 0 Å². The molecule has 1 rings (SSSR count). The number of amidine groups is 1. The quantitative estimate of drug-likeness (QED) is 0.464. The lowest BCUT2D eigenvalue weighted by molar-refractivity contribution is 0.140. The number of halogens is 4. The Morgan fingerprint density at radius 1 is 1.40 bits per heavy atom. The average molecular weight is 224 g/mol. The molecule has 3 N–H and O–H groups in total. The molecule has 0 unspecified atom stereocenters. The molecule has 0 aliphatic heterocycles. The molecule has 0 amide bonds. The Bertz CT molecular complexity index is 360. The van der Waals surface area contributed by atoms with Gasteiger partial charge >= 0.3 is 0 Å². The van der Waals surface area contributed by atoms with Crippen molar-refractivity contribution >= 4 is 5.84 Å². The third-order valence-corrected chi connectivity index (χ3v) is 1.60. The SMILES string of the molecule is N=C(N)Cn1nc(C(F)F)cc1C(F)F. The Morgan fingerprint density at radius 2 is 2.00 bits per heavy atom. The summed E-state index contributed by atoms with van der Waals surface area (Å²) in [6.07, 6.45) is -5.85. The summed E-state index contributed by atoms with van der Waals surface area (Å²) in [5.74, 6) is -0.430. The van der Waals surface area contributed by atoms with Crippen LogP contribution >= 0.6 is 0 Å². The molecule has 0 atom stereocenters. The lowest BCUT2D eigenvalue weighted by Gasteiger charge is -2.04. The highest BCUT2D eigenvalue weighted by Gasteiger charge is 2.21. The number of rotatable bonds is 4. The van der Waals surface area contributed by atoms with E-state index >= 15 is 0 Å². The van der Waals surface area contributed by atoms with E-state index in [1.165, 1.54) is 0 Å². The minimum atomic E-state index is -2.93. The van der Waals surface area contributed by atoms with Crippen molar-refractivity contribution in [3.05, 3.63) is 17.5 Å². The molecule has 8 heteroatoms. The molecule has 0 saturated carbocycles. The van der Waals surface area contributed by atoms with E-state index in [2.05, 4.69) is 5.10 Å². The van der Waals surface area contributed by atoms with Crippen molar-refractivity contribution in [2.45, 2.75) is 19.4 Å². The van der Waals surface area contributed by atoms with Crippen LogP contribution in [0.5, 0.6) is 0 Å². The summed E-state index contributed by atoms with van der Waals surface area (Å²) in [4.78, 5) is 0. The predicted molar refractivity (Wildman–Crippen MR) is 44.1 cm³/mol. The monoisotopic (exact) mass is 224 g/mol. The zero-order valence-electron chi connectivity index (χ0n) is 7.42. The van der Waals surface area contributed by atoms with Crippen molar-refractivity contribution in [3.63, 3.8) is 0 Å². The molecular formula is C7H8F4N4. The van der Waals surface area contributed by atoms with E-state index in [0.29, 0.717) is 10.7 Å². The highest BCUT2D eigenvalue weighted by molar-refractivity contribution is 5.76. The molecule has 0 aliphatic rings. The third kappa shape index (κ3) is 2.67. The second-order valence-corrected chi connectivity index (χ2v) is 2.78. The van der Waals surface area contributed by atoms with Crippen LogP contribution in [0.1, 0.15) is 24.2 Å². The predicted octanol–water partition coefficient (Wildman–Crippen LogP) is 1.69. The van der Waals surface area contributed by atoms with Gasteiger partial charge < -0.3 is 5.73 Å². The maximum Gasteiger partial charge on any atom is 0.282 e. The van der Waals surface area contributed by atoms with Crippen LogP contribution in [-0.2, 0) is 6.54 Å². The Labute approximate surface area is 82.2 Å². The fourth-order valence-corrected chi connectivity index (χ4v) is 1.02. The van der Waals surface area contributed by atoms with Crippen LogP contribution < -0.4 is 5.73 Å². The lowest BCUT2D eigenvalue weighted by Crippen LogP contribution is -2.20. The highest BCUT2D eigenvalue weighted by atomic mass is 19.3. The topological polar surface area (TPSA) is 67.7 Å². The van der Waals surface area contributed by atoms with Gasteiger partial charge in [0.15, 0.2) is 0 Å². The van der Waals surface area contributed by atoms with Crippen LogP contribution in [0.25, 0.3) is 0 Å². The van der Waals surface area contributed by atoms with Crippen molar-refractivity contribution in [1.29, 1.82) is 5.41 Å². The minimum Gasteiger partial charge on any atom is -0.386 e. The number of nitrogens with zero attached hydrogens (tertiary/aromatic N) is 2. The van der Waals surface area contributed by atoms with Crippen molar-refractivity contribution < 1.29 is 17.6 Å². The molecule has 4 nitrogen and oxygen atoms in total. The zero-order valence-corrected chi connectivity index (χ0v) is 7.42. The molecule has 0 aromatic carbocycles. The Balaban J connectivity index is 3.05. The Kier molecular flexibility index (Phi) is 3.28. The standard InChI is InChI=1S/C7H8F4N4/c8-6(9)3-1-4(7(10)11)15(14-3)2-5(12)13/h1,6-7H,2H2,(H3,12,13). The summed E-state index contributed by atoms with van der Waals surface area (Å²) in [6, 6.07) is 0.609. The van der Waals surface area contributed by atoms with E-state index < -0.39 is 36.6 Å². The number of alkyl halides is 4. The second kappa shape index (κ2) is 4.28. The van der Waals surface area contributed by atoms with Gasteiger partial charge in [-0.1, -0.05) is 0 Å². The summed E-state index contributed by atoms with van der Waals surface area (Å²) < 4.78 is 49.6. The van der Waals surface area contributed by atoms with Gasteiger partial charge in [0.05, 0.1) is 6.54 Å². The molecule has 84 valence electrons. The summed E-state index contributed by atoms with van der Waals surface area (Å²) in [7, 11) is 0. The molecule has 1 aromatic rings. The first kappa shape index (κ1) is 11.5. The van der Waals surface area contributed by atoms with Gasteiger partial charge in [-0.2, -0.15) is 5.10 Å². The van der Waals surface area contributed by atoms with Gasteiger partial charge in [-0.3, -0.25) is 10.1 Å². The summed E-state index contributed by atoms with van der Waals surface area (Å²) in [5, 5.41) is 10.1. The molecule has 0 aliphatic carbocycles. The van der Waals surface area contributed by atoms with Crippen molar-refractivity contribution in [3.8, 4) is 0 Å². The molecule has 0 radical (unpaired) electrons. The first-order valence-electron chi connectivity index (χ1n) is 3.88. The number of hydrogen-bond acceptors (Lipinski definition) is 2. The second-order valence-electron chi connectivity index (χ2n) is 2.78. The molecule has 15 heavy (non-hydrogen) atoms. The van der Waals surface area contributed by atoms with Gasteiger partial charge in [-0.15, -0.1) is 0 Å². The molecule has 0 fully saturated rings. The van der Waals surface area contributed by atoms with E-state index in [1.807, 2.05) is 0 Å². The van der Waals surface area contributed by atoms with Crippen LogP contribution in [0.4, 0.5) is 17.6 Å². The highest BCUT2D eigenvalue weighted by Crippen LogP contribution is 2.24. The van der Waals surface area contributed by atoms with E-state index in [0.717, 1.165) is 0 Å². The zero-order chi connectivity index (χ0) is 11.6. The van der Waals surface area contributed by atoms with Gasteiger partial charge in [0.25, 0.3) is 12.9 Å². The van der Waals surface area contributed by atoms with Crippen LogP contribution in [-0.4, -0.2) is 15.6 Å². The summed E-state index contributed by atoms with van der Waals surface area (Å²) in [5.41, 5.74) is 3.56. The third-order valence-electron chi connectivity index (χ3n) is 1.60. The number of aromatic nitrogens is 2. The normalized spacial score (nSPS) is 11.3. The van der Waals surface area contributed by atoms with E-state index in [4.69, 9.17) is 11.1 Å². The first-order valence-corrected chi connectivity index (χ1v) is 3.88. The molecule has 0 bridgehead atoms. The van der Waals surface area contributed by atoms with Crippen LogP contribution in [0.2, 0.25) is 0 Å². The summed E-state index contributed by atoms with van der Waals surface area (Å²) in [6.45, 7) is -0.424. The van der Waals surface area contributed by atoms with Crippen molar-refractivity contribution in [1.82, 2.24) is 9.78 Å². The Hall–Kier alpha value is -1.60. The van der Waals surface area contributed by atoms with Crippen LogP contribution in [0, 0.1) is 5.41 Å². The Morgan fingerprint density at radius 3 is 2.40 bits per heavy atom. The van der Waals surface area contributed by atoms with Crippen LogP contribution in [0.15, 0.2) is 6.07 Å². The number of nitrogens with two attached hydrogens (primary N) is 1. The first-order chi connectivity index (χ1) is 6.91. The van der Waals surface area contributed by atoms with Gasteiger partial charge in [0, 0.05) is 0 Å². The lowest BCUT2D eigenvalue weighted by atomic mass is 10.3. The molecule has 0 saturated heterocycles. The fraction of sp³-hybridized carbons (Fsp3) is 0.429. The van der Waals surface area contributed by atoms with E-state index in [9.17, 15) is 17.6 Å². The van der Waals surface area contributed by atoms with Crippen molar-refractivity contribution in [2.24, 2.45) is 5.73 Å². The molecule has 1 heterocycles. The number of hydrogen-bond donors (Lipinski definition) is 2. The van der Waals surface area contributed by atoms with Crippen LogP contribution in [0.3, 0.4) is 0 Å². The average Bonchev–Trinajstić information content (AvgIpc) is 2.46. The van der Waals surface area contributed by atoms with Gasteiger partial charge in [0.1, 0.15) is 17.2 Å². The molecule has 1 aromatic heterocycles. The molecular weight excluding hydrogens is 216 g/mol. The number of nitrogens with one attached hydrogen (secondary N) is 1. The summed E-state index contributed by atoms with van der Waals surface area (Å²) >= 11 is 0.